The van der Waals surface area contributed by atoms with Gasteiger partial charge in [0.25, 0.3) is 0 Å². The average molecular weight is 413 g/mol. The van der Waals surface area contributed by atoms with Crippen molar-refractivity contribution in [3.05, 3.63) is 29.8 Å². The number of aromatic hydroxyl groups is 1. The highest BCUT2D eigenvalue weighted by Crippen LogP contribution is 2.22. The van der Waals surface area contributed by atoms with E-state index in [-0.39, 0.29) is 24.3 Å². The number of carbonyl (C=O) groups is 4. The van der Waals surface area contributed by atoms with Crippen molar-refractivity contribution in [2.75, 3.05) is 12.3 Å². The number of hydrogen-bond donors (Lipinski definition) is 6. The van der Waals surface area contributed by atoms with Crippen molar-refractivity contribution >= 4 is 35.5 Å². The molecule has 0 saturated heterocycles. The Labute approximate surface area is 165 Å². The third-order valence-electron chi connectivity index (χ3n) is 3.60. The molecule has 0 aromatic heterocycles. The zero-order valence-corrected chi connectivity index (χ0v) is 15.8. The van der Waals surface area contributed by atoms with Gasteiger partial charge in [-0.2, -0.15) is 11.8 Å². The fourth-order valence-corrected chi connectivity index (χ4v) is 3.12. The maximum atomic E-state index is 12.2. The van der Waals surface area contributed by atoms with Crippen molar-refractivity contribution in [2.45, 2.75) is 30.7 Å². The summed E-state index contributed by atoms with van der Waals surface area (Å²) < 4.78 is 0. The van der Waals surface area contributed by atoms with E-state index in [1.807, 2.05) is 0 Å². The number of para-hydroxylation sites is 1. The minimum Gasteiger partial charge on any atom is -0.508 e. The fraction of sp³-hybridized carbons (Fsp3) is 0.412. The Morgan fingerprint density at radius 1 is 1.14 bits per heavy atom. The second-order valence-corrected chi connectivity index (χ2v) is 6.89. The molecule has 7 N–H and O–H groups in total. The second-order valence-electron chi connectivity index (χ2n) is 5.86. The van der Waals surface area contributed by atoms with Crippen LogP contribution in [0.2, 0.25) is 0 Å². The lowest BCUT2D eigenvalue weighted by Crippen LogP contribution is -2.49. The van der Waals surface area contributed by atoms with Gasteiger partial charge in [0, 0.05) is 23.5 Å². The van der Waals surface area contributed by atoms with E-state index < -0.39 is 42.4 Å². The minimum absolute atomic E-state index is 0.102. The average Bonchev–Trinajstić information content (AvgIpc) is 2.64. The number of nitrogens with one attached hydrogen (secondary N) is 2. The van der Waals surface area contributed by atoms with Gasteiger partial charge in [-0.25, -0.2) is 0 Å². The molecule has 0 radical (unpaired) electrons. The standard InChI is InChI=1S/C17H23N3O7S/c18-11(17(26)27)5-6-14(22)20-12(16(25)19-7-15(23)24)9-28-8-10-3-1-2-4-13(10)21/h1-4,11-12,21H,5-9,18H2,(H,19,25)(H,20,22)(H,23,24)(H,26,27)/t11-,12-/m0/s1. The van der Waals surface area contributed by atoms with Crippen LogP contribution >= 0.6 is 11.8 Å². The van der Waals surface area contributed by atoms with E-state index in [0.29, 0.717) is 11.3 Å². The monoisotopic (exact) mass is 413 g/mol. The molecule has 0 aliphatic carbocycles. The Bertz CT molecular complexity index is 714. The summed E-state index contributed by atoms with van der Waals surface area (Å²) in [6, 6.07) is 4.45. The molecule has 2 atom stereocenters. The van der Waals surface area contributed by atoms with Crippen LogP contribution in [0.3, 0.4) is 0 Å². The molecule has 1 rings (SSSR count). The van der Waals surface area contributed by atoms with Crippen molar-refractivity contribution in [1.29, 1.82) is 0 Å². The molecule has 11 heteroatoms. The van der Waals surface area contributed by atoms with Gasteiger partial charge in [0.15, 0.2) is 0 Å². The first-order valence-corrected chi connectivity index (χ1v) is 9.48. The molecule has 10 nitrogen and oxygen atoms in total. The molecule has 154 valence electrons. The summed E-state index contributed by atoms with van der Waals surface area (Å²) in [4.78, 5) is 45.5. The normalized spacial score (nSPS) is 12.6. The van der Waals surface area contributed by atoms with Crippen molar-refractivity contribution in [3.8, 4) is 5.75 Å². The number of rotatable bonds is 12. The molecule has 0 saturated carbocycles. The number of hydrogen-bond acceptors (Lipinski definition) is 7. The maximum Gasteiger partial charge on any atom is 0.322 e. The molecule has 0 aliphatic rings. The zero-order valence-electron chi connectivity index (χ0n) is 15.0. The van der Waals surface area contributed by atoms with Gasteiger partial charge in [-0.05, 0) is 12.5 Å². The van der Waals surface area contributed by atoms with Crippen LogP contribution in [0, 0.1) is 0 Å². The molecule has 1 aromatic carbocycles. The summed E-state index contributed by atoms with van der Waals surface area (Å²) in [5, 5.41) is 31.8. The molecule has 0 aliphatic heterocycles. The van der Waals surface area contributed by atoms with E-state index >= 15 is 0 Å². The van der Waals surface area contributed by atoms with Crippen LogP contribution in [0.1, 0.15) is 18.4 Å². The molecule has 0 bridgehead atoms. The van der Waals surface area contributed by atoms with Gasteiger partial charge in [-0.3, -0.25) is 19.2 Å². The number of thioether (sulfide) groups is 1. The summed E-state index contributed by atoms with van der Waals surface area (Å²) in [7, 11) is 0. The van der Waals surface area contributed by atoms with Crippen LogP contribution in [0.4, 0.5) is 0 Å². The molecular formula is C17H23N3O7S. The fourth-order valence-electron chi connectivity index (χ4n) is 2.07. The van der Waals surface area contributed by atoms with Gasteiger partial charge >= 0.3 is 11.9 Å². The van der Waals surface area contributed by atoms with Crippen LogP contribution in [-0.4, -0.2) is 63.5 Å². The van der Waals surface area contributed by atoms with Gasteiger partial charge in [0.05, 0.1) is 0 Å². The molecule has 0 heterocycles. The van der Waals surface area contributed by atoms with Crippen LogP contribution in [-0.2, 0) is 24.9 Å². The van der Waals surface area contributed by atoms with E-state index in [4.69, 9.17) is 15.9 Å². The van der Waals surface area contributed by atoms with Crippen LogP contribution in [0.5, 0.6) is 5.75 Å². The molecule has 0 unspecified atom stereocenters. The number of carboxylic acid groups (broad SMARTS) is 2. The molecule has 1 aromatic rings. The first kappa shape index (κ1) is 23.2. The molecule has 0 fully saturated rings. The highest BCUT2D eigenvalue weighted by Gasteiger charge is 2.22. The predicted octanol–water partition coefficient (Wildman–Crippen LogP) is -0.497. The predicted molar refractivity (Wildman–Crippen MR) is 102 cm³/mol. The third-order valence-corrected chi connectivity index (χ3v) is 4.68. The first-order chi connectivity index (χ1) is 13.2. The van der Waals surface area contributed by atoms with Gasteiger partial charge in [0.1, 0.15) is 24.4 Å². The number of carboxylic acids is 2. The Hall–Kier alpha value is -2.79. The van der Waals surface area contributed by atoms with E-state index in [1.165, 1.54) is 17.8 Å². The maximum absolute atomic E-state index is 12.2. The minimum atomic E-state index is -1.23. The lowest BCUT2D eigenvalue weighted by atomic mass is 10.1. The summed E-state index contributed by atoms with van der Waals surface area (Å²) in [5.41, 5.74) is 5.99. The van der Waals surface area contributed by atoms with Gasteiger partial charge in [-0.15, -0.1) is 0 Å². The molecule has 2 amide bonds. The van der Waals surface area contributed by atoms with E-state index in [2.05, 4.69) is 10.6 Å². The summed E-state index contributed by atoms with van der Waals surface area (Å²) in [6.45, 7) is -0.598. The van der Waals surface area contributed by atoms with Crippen LogP contribution in [0.25, 0.3) is 0 Å². The lowest BCUT2D eigenvalue weighted by molar-refractivity contribution is -0.139. The lowest BCUT2D eigenvalue weighted by Gasteiger charge is -2.18. The number of phenolic OH excluding ortho intramolecular Hbond substituents is 1. The Balaban J connectivity index is 2.63. The molecule has 28 heavy (non-hydrogen) atoms. The smallest absolute Gasteiger partial charge is 0.322 e. The highest BCUT2D eigenvalue weighted by molar-refractivity contribution is 7.98. The third kappa shape index (κ3) is 8.73. The topological polar surface area (TPSA) is 179 Å². The van der Waals surface area contributed by atoms with Crippen molar-refractivity contribution in [1.82, 2.24) is 10.6 Å². The Morgan fingerprint density at radius 2 is 1.82 bits per heavy atom. The quantitative estimate of drug-likeness (QED) is 0.263. The SMILES string of the molecule is N[C@@H](CCC(=O)N[C@@H](CSCc1ccccc1O)C(=O)NCC(=O)O)C(=O)O. The summed E-state index contributed by atoms with van der Waals surface area (Å²) in [5.74, 6) is -3.12. The van der Waals surface area contributed by atoms with Crippen LogP contribution < -0.4 is 16.4 Å². The number of phenols is 1. The van der Waals surface area contributed by atoms with Gasteiger partial charge in [0.2, 0.25) is 11.8 Å². The number of carbonyl (C=O) groups excluding carboxylic acids is 2. The van der Waals surface area contributed by atoms with E-state index in [9.17, 15) is 24.3 Å². The Morgan fingerprint density at radius 3 is 2.43 bits per heavy atom. The zero-order chi connectivity index (χ0) is 21.1. The summed E-state index contributed by atoms with van der Waals surface area (Å²) in [6.07, 6.45) is -0.296. The van der Waals surface area contributed by atoms with Crippen molar-refractivity contribution < 1.29 is 34.5 Å². The number of amides is 2. The Kier molecular flexibility index (Phi) is 9.82. The first-order valence-electron chi connectivity index (χ1n) is 8.32. The van der Waals surface area contributed by atoms with Crippen molar-refractivity contribution in [3.63, 3.8) is 0 Å². The summed E-state index contributed by atoms with van der Waals surface area (Å²) >= 11 is 1.26. The molecular weight excluding hydrogens is 390 g/mol. The van der Waals surface area contributed by atoms with Gasteiger partial charge < -0.3 is 31.7 Å². The number of aliphatic carboxylic acids is 2. The highest BCUT2D eigenvalue weighted by atomic mass is 32.2. The van der Waals surface area contributed by atoms with Crippen molar-refractivity contribution in [2.24, 2.45) is 5.73 Å². The van der Waals surface area contributed by atoms with E-state index in [1.54, 1.807) is 18.2 Å². The largest absolute Gasteiger partial charge is 0.508 e. The second kappa shape index (κ2) is 11.8. The van der Waals surface area contributed by atoms with Gasteiger partial charge in [-0.1, -0.05) is 18.2 Å². The van der Waals surface area contributed by atoms with E-state index in [0.717, 1.165) is 0 Å². The van der Waals surface area contributed by atoms with Crippen LogP contribution in [0.15, 0.2) is 24.3 Å². The number of benzene rings is 1. The number of nitrogens with two attached hydrogens (primary N) is 1. The molecule has 0 spiro atoms.